The van der Waals surface area contributed by atoms with Crippen molar-refractivity contribution < 1.29 is 9.21 Å². The number of anilines is 1. The van der Waals surface area contributed by atoms with Gasteiger partial charge in [-0.3, -0.25) is 9.78 Å². The number of rotatable bonds is 3. The summed E-state index contributed by atoms with van der Waals surface area (Å²) < 4.78 is 5.13. The van der Waals surface area contributed by atoms with Crippen molar-refractivity contribution in [1.82, 2.24) is 4.98 Å². The highest BCUT2D eigenvalue weighted by Gasteiger charge is 2.06. The number of halogens is 1. The van der Waals surface area contributed by atoms with Crippen LogP contribution in [0.4, 0.5) is 5.69 Å². The molecule has 0 fully saturated rings. The molecule has 4 nitrogen and oxygen atoms in total. The lowest BCUT2D eigenvalue weighted by Gasteiger charge is -2.07. The molecule has 3 rings (SSSR count). The zero-order valence-corrected chi connectivity index (χ0v) is 11.7. The molecule has 5 heteroatoms. The number of amides is 1. The summed E-state index contributed by atoms with van der Waals surface area (Å²) in [7, 11) is 0. The number of carbonyl (C=O) groups is 1. The molecule has 1 aromatic carbocycles. The van der Waals surface area contributed by atoms with E-state index < -0.39 is 0 Å². The van der Waals surface area contributed by atoms with E-state index in [9.17, 15) is 4.79 Å². The minimum atomic E-state index is -0.251. The minimum Gasteiger partial charge on any atom is -0.465 e. The second-order valence-corrected chi connectivity index (χ2v) is 4.74. The lowest BCUT2D eigenvalue weighted by molar-refractivity contribution is -0.111. The van der Waals surface area contributed by atoms with Crippen LogP contribution >= 0.6 is 11.6 Å². The molecule has 0 unspecified atom stereocenters. The predicted octanol–water partition coefficient (Wildman–Crippen LogP) is 4.13. The van der Waals surface area contributed by atoms with Gasteiger partial charge in [-0.25, -0.2) is 0 Å². The number of fused-ring (bicyclic) bond motifs is 1. The molecule has 0 atom stereocenters. The van der Waals surface area contributed by atoms with E-state index >= 15 is 0 Å². The molecule has 0 bridgehead atoms. The number of para-hydroxylation sites is 1. The van der Waals surface area contributed by atoms with Gasteiger partial charge in [0.05, 0.1) is 22.5 Å². The molecule has 21 heavy (non-hydrogen) atoms. The Hall–Kier alpha value is -2.59. The van der Waals surface area contributed by atoms with Gasteiger partial charge in [0.2, 0.25) is 5.91 Å². The molecular formula is C16H11ClN2O2. The number of hydrogen-bond donors (Lipinski definition) is 1. The molecule has 104 valence electrons. The first-order valence-corrected chi connectivity index (χ1v) is 6.67. The van der Waals surface area contributed by atoms with Crippen LogP contribution in [0.2, 0.25) is 5.02 Å². The van der Waals surface area contributed by atoms with Gasteiger partial charge in [0, 0.05) is 17.7 Å². The summed E-state index contributed by atoms with van der Waals surface area (Å²) in [4.78, 5) is 16.2. The molecule has 0 aliphatic carbocycles. The first kappa shape index (κ1) is 13.4. The van der Waals surface area contributed by atoms with Crippen molar-refractivity contribution in [2.75, 3.05) is 5.32 Å². The van der Waals surface area contributed by atoms with Crippen molar-refractivity contribution >= 4 is 40.2 Å². The molecule has 0 saturated heterocycles. The zero-order chi connectivity index (χ0) is 14.7. The molecular weight excluding hydrogens is 288 g/mol. The van der Waals surface area contributed by atoms with Crippen LogP contribution in [0.1, 0.15) is 5.76 Å². The van der Waals surface area contributed by atoms with E-state index in [1.807, 2.05) is 12.1 Å². The number of nitrogens with one attached hydrogen (secondary N) is 1. The number of furan rings is 1. The van der Waals surface area contributed by atoms with Crippen LogP contribution < -0.4 is 5.32 Å². The minimum absolute atomic E-state index is 0.251. The SMILES string of the molecule is O=C(/C=C/c1ccco1)Nc1ccnc2c(Cl)cccc12. The van der Waals surface area contributed by atoms with Gasteiger partial charge in [-0.05, 0) is 30.3 Å². The van der Waals surface area contributed by atoms with Crippen LogP contribution in [0.3, 0.4) is 0 Å². The van der Waals surface area contributed by atoms with Gasteiger partial charge in [-0.15, -0.1) is 0 Å². The van der Waals surface area contributed by atoms with E-state index in [-0.39, 0.29) is 5.91 Å². The second kappa shape index (κ2) is 5.81. The van der Waals surface area contributed by atoms with Gasteiger partial charge < -0.3 is 9.73 Å². The third kappa shape index (κ3) is 2.95. The Bertz CT molecular complexity index is 810. The highest BCUT2D eigenvalue weighted by atomic mass is 35.5. The molecule has 2 aromatic heterocycles. The number of nitrogens with zero attached hydrogens (tertiary/aromatic N) is 1. The standard InChI is InChI=1S/C16H11ClN2O2/c17-13-5-1-4-12-14(8-9-18-16(12)13)19-15(20)7-6-11-3-2-10-21-11/h1-10H,(H,18,19,20)/b7-6+. The van der Waals surface area contributed by atoms with E-state index in [1.54, 1.807) is 42.8 Å². The van der Waals surface area contributed by atoms with Gasteiger partial charge in [-0.2, -0.15) is 0 Å². The monoisotopic (exact) mass is 298 g/mol. The Morgan fingerprint density at radius 3 is 2.95 bits per heavy atom. The van der Waals surface area contributed by atoms with Crippen molar-refractivity contribution in [1.29, 1.82) is 0 Å². The highest BCUT2D eigenvalue weighted by Crippen LogP contribution is 2.26. The molecule has 0 radical (unpaired) electrons. The summed E-state index contributed by atoms with van der Waals surface area (Å²) in [5.41, 5.74) is 1.32. The Balaban J connectivity index is 1.85. The van der Waals surface area contributed by atoms with Gasteiger partial charge in [0.1, 0.15) is 5.76 Å². The molecule has 0 aliphatic rings. The van der Waals surface area contributed by atoms with Crippen LogP contribution in [-0.2, 0) is 4.79 Å². The second-order valence-electron chi connectivity index (χ2n) is 4.33. The summed E-state index contributed by atoms with van der Waals surface area (Å²) >= 11 is 6.09. The van der Waals surface area contributed by atoms with Crippen molar-refractivity contribution in [2.24, 2.45) is 0 Å². The van der Waals surface area contributed by atoms with Crippen LogP contribution in [0.5, 0.6) is 0 Å². The molecule has 3 aromatic rings. The highest BCUT2D eigenvalue weighted by molar-refractivity contribution is 6.35. The first-order valence-electron chi connectivity index (χ1n) is 6.30. The lowest BCUT2D eigenvalue weighted by Crippen LogP contribution is -2.08. The Morgan fingerprint density at radius 2 is 2.14 bits per heavy atom. The third-order valence-electron chi connectivity index (χ3n) is 2.92. The fourth-order valence-electron chi connectivity index (χ4n) is 1.97. The van der Waals surface area contributed by atoms with Gasteiger partial charge >= 0.3 is 0 Å². The van der Waals surface area contributed by atoms with Crippen LogP contribution in [0.25, 0.3) is 17.0 Å². The van der Waals surface area contributed by atoms with Crippen molar-refractivity contribution in [3.05, 3.63) is 65.7 Å². The van der Waals surface area contributed by atoms with Crippen LogP contribution in [0, 0.1) is 0 Å². The topological polar surface area (TPSA) is 55.1 Å². The van der Waals surface area contributed by atoms with E-state index in [2.05, 4.69) is 10.3 Å². The average Bonchev–Trinajstić information content (AvgIpc) is 3.00. The average molecular weight is 299 g/mol. The predicted molar refractivity (Wildman–Crippen MR) is 83.1 cm³/mol. The maximum atomic E-state index is 11.9. The number of benzene rings is 1. The number of carbonyl (C=O) groups excluding carboxylic acids is 1. The zero-order valence-electron chi connectivity index (χ0n) is 10.9. The van der Waals surface area contributed by atoms with E-state index in [1.165, 1.54) is 6.08 Å². The number of aromatic nitrogens is 1. The van der Waals surface area contributed by atoms with Crippen LogP contribution in [0.15, 0.2) is 59.4 Å². The van der Waals surface area contributed by atoms with Gasteiger partial charge in [0.25, 0.3) is 0 Å². The van der Waals surface area contributed by atoms with Crippen LogP contribution in [-0.4, -0.2) is 10.9 Å². The lowest BCUT2D eigenvalue weighted by atomic mass is 10.2. The smallest absolute Gasteiger partial charge is 0.248 e. The molecule has 2 heterocycles. The number of hydrogen-bond acceptors (Lipinski definition) is 3. The Kier molecular flexibility index (Phi) is 3.71. The van der Waals surface area contributed by atoms with Crippen molar-refractivity contribution in [3.63, 3.8) is 0 Å². The molecule has 1 N–H and O–H groups in total. The quantitative estimate of drug-likeness (QED) is 0.740. The van der Waals surface area contributed by atoms with Crippen molar-refractivity contribution in [2.45, 2.75) is 0 Å². The fraction of sp³-hybridized carbons (Fsp3) is 0. The normalized spacial score (nSPS) is 11.1. The summed E-state index contributed by atoms with van der Waals surface area (Å²) in [6.45, 7) is 0. The fourth-order valence-corrected chi connectivity index (χ4v) is 2.19. The summed E-state index contributed by atoms with van der Waals surface area (Å²) in [5, 5.41) is 4.16. The molecule has 0 aliphatic heterocycles. The molecule has 1 amide bonds. The molecule has 0 saturated carbocycles. The van der Waals surface area contributed by atoms with Gasteiger partial charge in [0.15, 0.2) is 0 Å². The Morgan fingerprint density at radius 1 is 1.24 bits per heavy atom. The van der Waals surface area contributed by atoms with Crippen molar-refractivity contribution in [3.8, 4) is 0 Å². The maximum Gasteiger partial charge on any atom is 0.248 e. The number of pyridine rings is 1. The molecule has 0 spiro atoms. The van der Waals surface area contributed by atoms with E-state index in [4.69, 9.17) is 16.0 Å². The Labute approximate surface area is 126 Å². The first-order chi connectivity index (χ1) is 10.2. The summed E-state index contributed by atoms with van der Waals surface area (Å²) in [6, 6.07) is 10.7. The van der Waals surface area contributed by atoms with E-state index in [0.717, 1.165) is 5.39 Å². The van der Waals surface area contributed by atoms with Gasteiger partial charge in [-0.1, -0.05) is 23.7 Å². The summed E-state index contributed by atoms with van der Waals surface area (Å²) in [6.07, 6.45) is 6.18. The maximum absolute atomic E-state index is 11.9. The largest absolute Gasteiger partial charge is 0.465 e. The third-order valence-corrected chi connectivity index (χ3v) is 3.23. The van der Waals surface area contributed by atoms with E-state index in [0.29, 0.717) is 22.0 Å². The summed E-state index contributed by atoms with van der Waals surface area (Å²) in [5.74, 6) is 0.367.